The number of carbonyl (C=O) groups is 1. The third-order valence-corrected chi connectivity index (χ3v) is 10.00. The normalized spacial score (nSPS) is 18.3. The Morgan fingerprint density at radius 2 is 1.75 bits per heavy atom. The van der Waals surface area contributed by atoms with E-state index in [1.165, 1.54) is 11.1 Å². The van der Waals surface area contributed by atoms with Crippen LogP contribution in [0.5, 0.6) is 0 Å². The summed E-state index contributed by atoms with van der Waals surface area (Å²) in [7, 11) is -2.95. The maximum Gasteiger partial charge on any atom is 0.236 e. The van der Waals surface area contributed by atoms with E-state index < -0.39 is 9.84 Å². The number of nitrogens with one attached hydrogen (secondary N) is 1. The minimum atomic E-state index is -2.95. The maximum absolute atomic E-state index is 12.9. The highest BCUT2D eigenvalue weighted by Crippen LogP contribution is 2.38. The molecule has 0 aromatic carbocycles. The zero-order valence-corrected chi connectivity index (χ0v) is 24.3. The van der Waals surface area contributed by atoms with Crippen LogP contribution in [0.1, 0.15) is 36.5 Å². The fourth-order valence-electron chi connectivity index (χ4n) is 5.86. The van der Waals surface area contributed by atoms with Gasteiger partial charge in [0, 0.05) is 56.6 Å². The molecule has 2 aliphatic rings. The first-order valence-electron chi connectivity index (χ1n) is 13.9. The fraction of sp³-hybridized carbons (Fsp3) is 0.500. The molecule has 1 amide bonds. The summed E-state index contributed by atoms with van der Waals surface area (Å²) in [6.45, 7) is 12.4. The van der Waals surface area contributed by atoms with Gasteiger partial charge in [-0.3, -0.25) is 9.69 Å². The van der Waals surface area contributed by atoms with E-state index in [0.717, 1.165) is 39.3 Å². The molecule has 11 nitrogen and oxygen atoms in total. The third-order valence-electron chi connectivity index (χ3n) is 8.39. The number of aromatic nitrogens is 5. The van der Waals surface area contributed by atoms with Crippen LogP contribution >= 0.6 is 0 Å². The van der Waals surface area contributed by atoms with E-state index in [0.29, 0.717) is 39.3 Å². The molecule has 2 fully saturated rings. The lowest BCUT2D eigenvalue weighted by Gasteiger charge is -2.37. The van der Waals surface area contributed by atoms with E-state index in [9.17, 15) is 13.2 Å². The van der Waals surface area contributed by atoms with Crippen LogP contribution in [0.3, 0.4) is 0 Å². The minimum absolute atomic E-state index is 0.0646. The second kappa shape index (κ2) is 10.2. The van der Waals surface area contributed by atoms with Crippen molar-refractivity contribution in [2.75, 3.05) is 62.2 Å². The monoisotopic (exact) mass is 564 g/mol. The number of carbonyl (C=O) groups excluding carboxylic acids is 1. The molecule has 212 valence electrons. The molecular weight excluding hydrogens is 528 g/mol. The zero-order chi connectivity index (χ0) is 28.2. The molecule has 0 aliphatic carbocycles. The number of fused-ring (bicyclic) bond motifs is 2. The van der Waals surface area contributed by atoms with Crippen molar-refractivity contribution in [2.24, 2.45) is 0 Å². The van der Waals surface area contributed by atoms with Crippen LogP contribution in [-0.4, -0.2) is 106 Å². The summed E-state index contributed by atoms with van der Waals surface area (Å²) in [5, 5.41) is 4.38. The number of hydrogen-bond acceptors (Lipinski definition) is 8. The Morgan fingerprint density at radius 3 is 2.45 bits per heavy atom. The maximum atomic E-state index is 12.9. The van der Waals surface area contributed by atoms with Crippen LogP contribution in [0.2, 0.25) is 0 Å². The highest BCUT2D eigenvalue weighted by molar-refractivity contribution is 7.91. The van der Waals surface area contributed by atoms with Gasteiger partial charge in [-0.05, 0) is 43.0 Å². The molecule has 2 saturated heterocycles. The van der Waals surface area contributed by atoms with Gasteiger partial charge < -0.3 is 14.8 Å². The Labute approximate surface area is 234 Å². The molecule has 1 N–H and O–H groups in total. The molecule has 6 rings (SSSR count). The molecule has 0 spiro atoms. The third kappa shape index (κ3) is 4.83. The first-order chi connectivity index (χ1) is 19.1. The summed E-state index contributed by atoms with van der Waals surface area (Å²) in [6.07, 6.45) is 3.63. The number of rotatable bonds is 5. The van der Waals surface area contributed by atoms with Crippen LogP contribution in [0.15, 0.2) is 24.7 Å². The molecule has 12 heteroatoms. The number of H-pyrrole nitrogens is 1. The van der Waals surface area contributed by atoms with Crippen molar-refractivity contribution in [3.8, 4) is 11.3 Å². The molecule has 4 aromatic heterocycles. The number of amides is 1. The van der Waals surface area contributed by atoms with Crippen molar-refractivity contribution in [2.45, 2.75) is 33.6 Å². The predicted molar refractivity (Wildman–Crippen MR) is 156 cm³/mol. The fourth-order valence-corrected chi connectivity index (χ4v) is 7.14. The van der Waals surface area contributed by atoms with Crippen LogP contribution in [-0.2, 0) is 14.6 Å². The van der Waals surface area contributed by atoms with Gasteiger partial charge in [0.1, 0.15) is 12.1 Å². The SMILES string of the molecule is Cc1c(-c2[nH]c3ccc(N4CCN(C(=O)CN5CCS(=O)(=O)CC5)CC4)nc3c2C(C)C)cn2ncnc2c1C. The molecule has 0 unspecified atom stereocenters. The molecule has 0 bridgehead atoms. The first-order valence-corrected chi connectivity index (χ1v) is 15.7. The molecule has 40 heavy (non-hydrogen) atoms. The molecule has 4 aromatic rings. The summed E-state index contributed by atoms with van der Waals surface area (Å²) in [4.78, 5) is 32.2. The van der Waals surface area contributed by atoms with Gasteiger partial charge in [-0.2, -0.15) is 5.10 Å². The average molecular weight is 565 g/mol. The van der Waals surface area contributed by atoms with Gasteiger partial charge in [0.15, 0.2) is 15.5 Å². The quantitative estimate of drug-likeness (QED) is 0.393. The molecule has 2 aliphatic heterocycles. The number of pyridine rings is 2. The van der Waals surface area contributed by atoms with Gasteiger partial charge in [-0.1, -0.05) is 13.8 Å². The molecular formula is C28H36N8O3S. The number of anilines is 1. The Balaban J connectivity index is 1.22. The van der Waals surface area contributed by atoms with E-state index in [1.54, 1.807) is 6.33 Å². The Kier molecular flexibility index (Phi) is 6.78. The van der Waals surface area contributed by atoms with Gasteiger partial charge in [0.05, 0.1) is 34.8 Å². The van der Waals surface area contributed by atoms with Crippen LogP contribution in [0, 0.1) is 13.8 Å². The van der Waals surface area contributed by atoms with Crippen LogP contribution in [0.4, 0.5) is 5.82 Å². The number of aromatic amines is 1. The highest BCUT2D eigenvalue weighted by atomic mass is 32.2. The van der Waals surface area contributed by atoms with Gasteiger partial charge >= 0.3 is 0 Å². The summed E-state index contributed by atoms with van der Waals surface area (Å²) in [5.74, 6) is 1.49. The lowest BCUT2D eigenvalue weighted by molar-refractivity contribution is -0.132. The molecule has 0 radical (unpaired) electrons. The highest BCUT2D eigenvalue weighted by Gasteiger charge is 2.28. The largest absolute Gasteiger partial charge is 0.353 e. The van der Waals surface area contributed by atoms with E-state index in [-0.39, 0.29) is 29.9 Å². The Bertz CT molecular complexity index is 1690. The van der Waals surface area contributed by atoms with E-state index in [1.807, 2.05) is 20.5 Å². The Hall–Kier alpha value is -3.51. The average Bonchev–Trinajstić information content (AvgIpc) is 3.56. The van der Waals surface area contributed by atoms with Crippen molar-refractivity contribution < 1.29 is 13.2 Å². The number of sulfone groups is 1. The molecule has 6 heterocycles. The second-order valence-electron chi connectivity index (χ2n) is 11.3. The van der Waals surface area contributed by atoms with Crippen molar-refractivity contribution in [3.63, 3.8) is 0 Å². The van der Waals surface area contributed by atoms with Crippen molar-refractivity contribution in [1.82, 2.24) is 34.4 Å². The van der Waals surface area contributed by atoms with Gasteiger partial charge in [-0.15, -0.1) is 0 Å². The topological polar surface area (TPSA) is 120 Å². The number of piperazine rings is 1. The van der Waals surface area contributed by atoms with E-state index in [4.69, 9.17) is 4.98 Å². The van der Waals surface area contributed by atoms with Crippen LogP contribution < -0.4 is 4.90 Å². The zero-order valence-electron chi connectivity index (χ0n) is 23.5. The minimum Gasteiger partial charge on any atom is -0.353 e. The standard InChI is InChI=1S/C28H36N8O3S/c1-18(2)25-26(21-15-36-28(29-17-30-36)20(4)19(21)3)31-22-5-6-23(32-27(22)25)34-7-9-35(10-8-34)24(37)16-33-11-13-40(38,39)14-12-33/h5-6,15,17-18,31H,7-14,16H2,1-4H3. The van der Waals surface area contributed by atoms with E-state index in [2.05, 4.69) is 59.8 Å². The smallest absolute Gasteiger partial charge is 0.236 e. The number of nitrogens with zero attached hydrogens (tertiary/aromatic N) is 7. The summed E-state index contributed by atoms with van der Waals surface area (Å²) in [5.41, 5.74) is 8.44. The second-order valence-corrected chi connectivity index (χ2v) is 13.6. The Morgan fingerprint density at radius 1 is 1.02 bits per heavy atom. The van der Waals surface area contributed by atoms with Crippen molar-refractivity contribution in [3.05, 3.63) is 41.3 Å². The van der Waals surface area contributed by atoms with Gasteiger partial charge in [-0.25, -0.2) is 22.9 Å². The van der Waals surface area contributed by atoms with Crippen LogP contribution in [0.25, 0.3) is 27.9 Å². The van der Waals surface area contributed by atoms with Crippen molar-refractivity contribution >= 4 is 38.2 Å². The van der Waals surface area contributed by atoms with E-state index >= 15 is 0 Å². The lowest BCUT2D eigenvalue weighted by Crippen LogP contribution is -2.52. The molecule has 0 saturated carbocycles. The number of hydrogen-bond donors (Lipinski definition) is 1. The summed E-state index contributed by atoms with van der Waals surface area (Å²) >= 11 is 0. The lowest BCUT2D eigenvalue weighted by atomic mass is 9.95. The van der Waals surface area contributed by atoms with Gasteiger partial charge in [0.25, 0.3) is 0 Å². The number of aryl methyl sites for hydroxylation is 1. The predicted octanol–water partition coefficient (Wildman–Crippen LogP) is 2.39. The summed E-state index contributed by atoms with van der Waals surface area (Å²) in [6, 6.07) is 4.16. The van der Waals surface area contributed by atoms with Gasteiger partial charge in [0.2, 0.25) is 5.91 Å². The molecule has 0 atom stereocenters. The summed E-state index contributed by atoms with van der Waals surface area (Å²) < 4.78 is 25.2. The first kappa shape index (κ1) is 26.7. The van der Waals surface area contributed by atoms with Crippen molar-refractivity contribution in [1.29, 1.82) is 0 Å².